The van der Waals surface area contributed by atoms with Crippen LogP contribution in [0.1, 0.15) is 26.2 Å². The van der Waals surface area contributed by atoms with Crippen LogP contribution in [0, 0.1) is 0 Å². The Labute approximate surface area is 64.2 Å². The molecule has 0 heterocycles. The van der Waals surface area contributed by atoms with E-state index in [9.17, 15) is 9.32 Å². The van der Waals surface area contributed by atoms with Crippen LogP contribution in [0.5, 0.6) is 0 Å². The lowest BCUT2D eigenvalue weighted by Crippen LogP contribution is -2.07. The first kappa shape index (κ1) is 9.69. The maximum atomic E-state index is 11.1. The maximum absolute atomic E-state index is 11.1. The minimum absolute atomic E-state index is 0.0497. The highest BCUT2D eigenvalue weighted by Gasteiger charge is 2.11. The summed E-state index contributed by atoms with van der Waals surface area (Å²) < 4.78 is 11.1. The van der Waals surface area contributed by atoms with Gasteiger partial charge < -0.3 is 0 Å². The Balaban J connectivity index is 3.37. The van der Waals surface area contributed by atoms with Crippen LogP contribution in [0.25, 0.3) is 0 Å². The third-order valence-electron chi connectivity index (χ3n) is 1.08. The largest absolute Gasteiger partial charge is 0.350 e. The summed E-state index contributed by atoms with van der Waals surface area (Å²) in [7, 11) is 0. The fourth-order valence-electron chi connectivity index (χ4n) is 0.628. The number of alkyl halides is 1. The molecule has 0 saturated carbocycles. The zero-order chi connectivity index (χ0) is 7.98. The summed E-state index contributed by atoms with van der Waals surface area (Å²) in [4.78, 5) is 13.2. The standard InChI is InChI=1S/C6H10ClFO2/c1-2-3-5(7)4-6(9)10-8/h5H,2-4H2,1H3. The summed E-state index contributed by atoms with van der Waals surface area (Å²) in [6.45, 7) is 1.94. The van der Waals surface area contributed by atoms with Gasteiger partial charge >= 0.3 is 5.97 Å². The molecule has 0 aromatic carbocycles. The lowest BCUT2D eigenvalue weighted by Gasteiger charge is -2.02. The first-order valence-corrected chi connectivity index (χ1v) is 3.59. The molecule has 0 amide bonds. The molecular formula is C6H10ClFO2. The van der Waals surface area contributed by atoms with E-state index in [1.807, 2.05) is 6.92 Å². The molecule has 1 unspecified atom stereocenters. The molecule has 0 N–H and O–H groups in total. The Morgan fingerprint density at radius 1 is 1.80 bits per heavy atom. The highest BCUT2D eigenvalue weighted by molar-refractivity contribution is 6.21. The van der Waals surface area contributed by atoms with E-state index in [0.717, 1.165) is 6.42 Å². The smallest absolute Gasteiger partial charge is 0.255 e. The van der Waals surface area contributed by atoms with Crippen molar-refractivity contribution in [2.24, 2.45) is 0 Å². The Hall–Kier alpha value is -0.310. The van der Waals surface area contributed by atoms with Crippen LogP contribution in [0.15, 0.2) is 0 Å². The molecule has 0 fully saturated rings. The SMILES string of the molecule is CCCC(Cl)CC(=O)OF. The summed E-state index contributed by atoms with van der Waals surface area (Å²) in [6, 6.07) is 0. The second kappa shape index (κ2) is 5.47. The average Bonchev–Trinajstić information content (AvgIpc) is 1.88. The number of halogens is 2. The van der Waals surface area contributed by atoms with Gasteiger partial charge in [0.15, 0.2) is 0 Å². The average molecular weight is 169 g/mol. The fraction of sp³-hybridized carbons (Fsp3) is 0.833. The molecule has 0 aromatic heterocycles. The zero-order valence-electron chi connectivity index (χ0n) is 5.77. The van der Waals surface area contributed by atoms with Gasteiger partial charge in [0.05, 0.1) is 6.42 Å². The van der Waals surface area contributed by atoms with Crippen LogP contribution in [-0.2, 0) is 9.74 Å². The molecule has 0 saturated heterocycles. The Bertz CT molecular complexity index is 108. The molecule has 0 aliphatic rings. The van der Waals surface area contributed by atoms with Crippen LogP contribution in [0.4, 0.5) is 4.53 Å². The fourth-order valence-corrected chi connectivity index (χ4v) is 0.972. The highest BCUT2D eigenvalue weighted by Crippen LogP contribution is 2.10. The van der Waals surface area contributed by atoms with E-state index in [1.54, 1.807) is 0 Å². The van der Waals surface area contributed by atoms with Crippen molar-refractivity contribution in [3.05, 3.63) is 0 Å². The Kier molecular flexibility index (Phi) is 5.30. The summed E-state index contributed by atoms with van der Waals surface area (Å²) >= 11 is 5.59. The third kappa shape index (κ3) is 4.56. The maximum Gasteiger partial charge on any atom is 0.350 e. The van der Waals surface area contributed by atoms with Gasteiger partial charge in [-0.2, -0.15) is 0 Å². The summed E-state index contributed by atoms with van der Waals surface area (Å²) in [5.74, 6) is -0.895. The van der Waals surface area contributed by atoms with Crippen molar-refractivity contribution in [1.82, 2.24) is 0 Å². The molecule has 4 heteroatoms. The van der Waals surface area contributed by atoms with Gasteiger partial charge in [-0.1, -0.05) is 13.3 Å². The molecule has 0 spiro atoms. The molecule has 10 heavy (non-hydrogen) atoms. The molecule has 60 valence electrons. The van der Waals surface area contributed by atoms with Crippen LogP contribution >= 0.6 is 11.6 Å². The first-order valence-electron chi connectivity index (χ1n) is 3.16. The van der Waals surface area contributed by atoms with Crippen molar-refractivity contribution in [1.29, 1.82) is 0 Å². The molecule has 1 atom stereocenters. The topological polar surface area (TPSA) is 26.3 Å². The van der Waals surface area contributed by atoms with Crippen molar-refractivity contribution in [2.75, 3.05) is 0 Å². The molecule has 0 aromatic rings. The normalized spacial score (nSPS) is 12.7. The molecular weight excluding hydrogens is 159 g/mol. The van der Waals surface area contributed by atoms with Crippen molar-refractivity contribution < 1.29 is 14.3 Å². The predicted octanol–water partition coefficient (Wildman–Crippen LogP) is 2.21. The first-order chi connectivity index (χ1) is 4.70. The number of hydrogen-bond acceptors (Lipinski definition) is 2. The van der Waals surface area contributed by atoms with Crippen molar-refractivity contribution >= 4 is 17.6 Å². The Morgan fingerprint density at radius 3 is 2.80 bits per heavy atom. The van der Waals surface area contributed by atoms with E-state index in [4.69, 9.17) is 11.6 Å². The minimum Gasteiger partial charge on any atom is -0.255 e. The number of rotatable bonds is 4. The molecule has 2 nitrogen and oxygen atoms in total. The van der Waals surface area contributed by atoms with E-state index in [0.29, 0.717) is 6.42 Å². The zero-order valence-corrected chi connectivity index (χ0v) is 6.53. The molecule has 0 rings (SSSR count). The Morgan fingerprint density at radius 2 is 2.40 bits per heavy atom. The van der Waals surface area contributed by atoms with Gasteiger partial charge in [-0.05, 0) is 6.42 Å². The quantitative estimate of drug-likeness (QED) is 0.602. The van der Waals surface area contributed by atoms with Gasteiger partial charge in [0, 0.05) is 9.90 Å². The lowest BCUT2D eigenvalue weighted by molar-refractivity contribution is -0.183. The molecule has 0 aliphatic carbocycles. The monoisotopic (exact) mass is 168 g/mol. The summed E-state index contributed by atoms with van der Waals surface area (Å²) in [5.41, 5.74) is 0. The number of carbonyl (C=O) groups is 1. The third-order valence-corrected chi connectivity index (χ3v) is 1.45. The number of carbonyl (C=O) groups excluding carboxylic acids is 1. The van der Waals surface area contributed by atoms with Gasteiger partial charge in [-0.25, -0.2) is 4.79 Å². The summed E-state index contributed by atoms with van der Waals surface area (Å²) in [5, 5.41) is -0.298. The van der Waals surface area contributed by atoms with Gasteiger partial charge in [0.25, 0.3) is 0 Å². The van der Waals surface area contributed by atoms with Crippen LogP contribution in [0.3, 0.4) is 0 Å². The lowest BCUT2D eigenvalue weighted by atomic mass is 10.2. The van der Waals surface area contributed by atoms with E-state index < -0.39 is 5.97 Å². The predicted molar refractivity (Wildman–Crippen MR) is 36.4 cm³/mol. The van der Waals surface area contributed by atoms with Crippen LogP contribution in [-0.4, -0.2) is 11.3 Å². The van der Waals surface area contributed by atoms with E-state index in [1.165, 1.54) is 0 Å². The van der Waals surface area contributed by atoms with Crippen LogP contribution < -0.4 is 0 Å². The second-order valence-corrected chi connectivity index (χ2v) is 2.66. The van der Waals surface area contributed by atoms with E-state index in [-0.39, 0.29) is 11.8 Å². The highest BCUT2D eigenvalue weighted by atomic mass is 35.5. The van der Waals surface area contributed by atoms with E-state index >= 15 is 0 Å². The van der Waals surface area contributed by atoms with Gasteiger partial charge in [-0.3, -0.25) is 4.94 Å². The van der Waals surface area contributed by atoms with Crippen molar-refractivity contribution in [3.63, 3.8) is 0 Å². The van der Waals surface area contributed by atoms with Gasteiger partial charge in [-0.15, -0.1) is 11.6 Å². The van der Waals surface area contributed by atoms with Crippen molar-refractivity contribution in [3.8, 4) is 0 Å². The van der Waals surface area contributed by atoms with Gasteiger partial charge in [0.2, 0.25) is 0 Å². The molecule has 0 aliphatic heterocycles. The minimum atomic E-state index is -0.895. The summed E-state index contributed by atoms with van der Waals surface area (Å²) in [6.07, 6.45) is 1.54. The molecule has 0 radical (unpaired) electrons. The van der Waals surface area contributed by atoms with Gasteiger partial charge in [0.1, 0.15) is 0 Å². The molecule has 0 bridgehead atoms. The second-order valence-electron chi connectivity index (χ2n) is 2.04. The van der Waals surface area contributed by atoms with Crippen LogP contribution in [0.2, 0.25) is 0 Å². The van der Waals surface area contributed by atoms with Crippen molar-refractivity contribution in [2.45, 2.75) is 31.6 Å². The van der Waals surface area contributed by atoms with E-state index in [2.05, 4.69) is 4.94 Å². The number of hydrogen-bond donors (Lipinski definition) is 0.